The Morgan fingerprint density at radius 2 is 1.62 bits per heavy atom. The van der Waals surface area contributed by atoms with Crippen molar-refractivity contribution < 1.29 is 9.47 Å². The minimum Gasteiger partial charge on any atom is -0.376 e. The molecular weight excluding hydrogens is 200 g/mol. The van der Waals surface area contributed by atoms with Crippen LogP contribution in [0.15, 0.2) is 0 Å². The zero-order valence-electron chi connectivity index (χ0n) is 11.0. The molecular formula is C14H28O2. The van der Waals surface area contributed by atoms with Gasteiger partial charge in [-0.1, -0.05) is 58.3 Å². The minimum absolute atomic E-state index is 0.379. The lowest BCUT2D eigenvalue weighted by atomic mass is 10.0. The highest BCUT2D eigenvalue weighted by atomic mass is 16.6. The Kier molecular flexibility index (Phi) is 7.87. The van der Waals surface area contributed by atoms with Gasteiger partial charge in [0.15, 0.2) is 0 Å². The number of hydrogen-bond donors (Lipinski definition) is 0. The Morgan fingerprint density at radius 3 is 2.12 bits per heavy atom. The number of methoxy groups -OCH3 is 1. The number of ether oxygens (including phenoxy) is 2. The molecule has 1 rings (SSSR count). The van der Waals surface area contributed by atoms with Crippen molar-refractivity contribution in [2.75, 3.05) is 13.7 Å². The molecule has 1 aliphatic heterocycles. The molecule has 1 fully saturated rings. The van der Waals surface area contributed by atoms with E-state index in [0.717, 1.165) is 6.61 Å². The fourth-order valence-electron chi connectivity index (χ4n) is 2.28. The lowest BCUT2D eigenvalue weighted by Gasteiger charge is -2.35. The van der Waals surface area contributed by atoms with Crippen molar-refractivity contribution in [1.29, 1.82) is 0 Å². The van der Waals surface area contributed by atoms with E-state index >= 15 is 0 Å². The van der Waals surface area contributed by atoms with E-state index in [0.29, 0.717) is 12.2 Å². The summed E-state index contributed by atoms with van der Waals surface area (Å²) in [4.78, 5) is 0. The average Bonchev–Trinajstić information content (AvgIpc) is 2.26. The second-order valence-corrected chi connectivity index (χ2v) is 4.91. The molecule has 0 bridgehead atoms. The summed E-state index contributed by atoms with van der Waals surface area (Å²) in [6.45, 7) is 3.07. The third kappa shape index (κ3) is 5.31. The maximum atomic E-state index is 5.47. The van der Waals surface area contributed by atoms with Crippen LogP contribution in [0, 0.1) is 0 Å². The molecule has 1 saturated heterocycles. The highest BCUT2D eigenvalue weighted by molar-refractivity contribution is 4.78. The molecule has 0 spiro atoms. The van der Waals surface area contributed by atoms with Crippen molar-refractivity contribution in [2.24, 2.45) is 0 Å². The molecule has 1 heterocycles. The van der Waals surface area contributed by atoms with E-state index in [1.807, 2.05) is 0 Å². The lowest BCUT2D eigenvalue weighted by molar-refractivity contribution is -0.178. The van der Waals surface area contributed by atoms with Gasteiger partial charge in [-0.3, -0.25) is 0 Å². The van der Waals surface area contributed by atoms with Crippen molar-refractivity contribution >= 4 is 0 Å². The highest BCUT2D eigenvalue weighted by Gasteiger charge is 2.30. The van der Waals surface area contributed by atoms with Gasteiger partial charge in [-0.05, 0) is 6.42 Å². The van der Waals surface area contributed by atoms with Gasteiger partial charge in [-0.15, -0.1) is 0 Å². The lowest BCUT2D eigenvalue weighted by Crippen LogP contribution is -2.45. The number of hydrogen-bond acceptors (Lipinski definition) is 2. The standard InChI is InChI=1S/C14H28O2/c1-3-4-5-6-7-8-9-10-11-13-14(15-2)12-16-13/h13-14H,3-12H2,1-2H3/t13?,14-/m0/s1. The van der Waals surface area contributed by atoms with Crippen molar-refractivity contribution in [1.82, 2.24) is 0 Å². The van der Waals surface area contributed by atoms with Crippen LogP contribution in [0.4, 0.5) is 0 Å². The molecule has 0 aromatic rings. The quantitative estimate of drug-likeness (QED) is 0.527. The summed E-state index contributed by atoms with van der Waals surface area (Å²) in [5.41, 5.74) is 0. The smallest absolute Gasteiger partial charge is 0.107 e. The Bertz CT molecular complexity index is 157. The van der Waals surface area contributed by atoms with Crippen LogP contribution in [-0.4, -0.2) is 25.9 Å². The molecule has 0 amide bonds. The van der Waals surface area contributed by atoms with Gasteiger partial charge in [0.25, 0.3) is 0 Å². The molecule has 2 nitrogen and oxygen atoms in total. The molecule has 0 aromatic carbocycles. The second-order valence-electron chi connectivity index (χ2n) is 4.91. The molecule has 0 saturated carbocycles. The van der Waals surface area contributed by atoms with Gasteiger partial charge in [0, 0.05) is 7.11 Å². The van der Waals surface area contributed by atoms with E-state index in [-0.39, 0.29) is 0 Å². The first-order chi connectivity index (χ1) is 7.88. The Hall–Kier alpha value is -0.0800. The number of unbranched alkanes of at least 4 members (excludes halogenated alkanes) is 7. The highest BCUT2D eigenvalue weighted by Crippen LogP contribution is 2.21. The molecule has 0 N–H and O–H groups in total. The van der Waals surface area contributed by atoms with E-state index in [4.69, 9.17) is 9.47 Å². The van der Waals surface area contributed by atoms with Crippen molar-refractivity contribution in [3.63, 3.8) is 0 Å². The first kappa shape index (κ1) is 14.0. The van der Waals surface area contributed by atoms with E-state index in [1.165, 1.54) is 57.8 Å². The normalized spacial score (nSPS) is 24.4. The van der Waals surface area contributed by atoms with Crippen LogP contribution in [0.2, 0.25) is 0 Å². The average molecular weight is 228 g/mol. The second kappa shape index (κ2) is 9.00. The summed E-state index contributed by atoms with van der Waals surface area (Å²) in [7, 11) is 1.79. The van der Waals surface area contributed by atoms with Crippen LogP contribution in [0.5, 0.6) is 0 Å². The third-order valence-electron chi connectivity index (χ3n) is 3.53. The topological polar surface area (TPSA) is 18.5 Å². The maximum Gasteiger partial charge on any atom is 0.107 e. The van der Waals surface area contributed by atoms with Gasteiger partial charge in [0.1, 0.15) is 6.10 Å². The van der Waals surface area contributed by atoms with Crippen molar-refractivity contribution in [3.8, 4) is 0 Å². The Labute approximate surface area is 101 Å². The van der Waals surface area contributed by atoms with Gasteiger partial charge in [-0.25, -0.2) is 0 Å². The van der Waals surface area contributed by atoms with Gasteiger partial charge in [-0.2, -0.15) is 0 Å². The Balaban J connectivity index is 1.78. The molecule has 96 valence electrons. The van der Waals surface area contributed by atoms with Crippen LogP contribution >= 0.6 is 0 Å². The summed E-state index contributed by atoms with van der Waals surface area (Å²) in [5.74, 6) is 0. The zero-order valence-corrected chi connectivity index (χ0v) is 11.0. The first-order valence-corrected chi connectivity index (χ1v) is 7.03. The summed E-state index contributed by atoms with van der Waals surface area (Å²) < 4.78 is 10.8. The molecule has 2 heteroatoms. The summed E-state index contributed by atoms with van der Waals surface area (Å²) in [5, 5.41) is 0. The predicted molar refractivity (Wildman–Crippen MR) is 67.8 cm³/mol. The van der Waals surface area contributed by atoms with E-state index in [1.54, 1.807) is 7.11 Å². The SMILES string of the molecule is CCCCCCCCCCC1OC[C@@H]1OC. The van der Waals surface area contributed by atoms with Gasteiger partial charge >= 0.3 is 0 Å². The van der Waals surface area contributed by atoms with Crippen LogP contribution in [-0.2, 0) is 9.47 Å². The van der Waals surface area contributed by atoms with Crippen molar-refractivity contribution in [2.45, 2.75) is 76.9 Å². The minimum atomic E-state index is 0.379. The first-order valence-electron chi connectivity index (χ1n) is 7.03. The molecule has 16 heavy (non-hydrogen) atoms. The fraction of sp³-hybridized carbons (Fsp3) is 1.00. The summed E-state index contributed by atoms with van der Waals surface area (Å²) in [6, 6.07) is 0. The van der Waals surface area contributed by atoms with E-state index < -0.39 is 0 Å². The van der Waals surface area contributed by atoms with Crippen LogP contribution in [0.25, 0.3) is 0 Å². The van der Waals surface area contributed by atoms with Crippen LogP contribution in [0.3, 0.4) is 0 Å². The monoisotopic (exact) mass is 228 g/mol. The largest absolute Gasteiger partial charge is 0.376 e. The van der Waals surface area contributed by atoms with E-state index in [2.05, 4.69) is 6.92 Å². The molecule has 0 aromatic heterocycles. The van der Waals surface area contributed by atoms with Gasteiger partial charge in [0.2, 0.25) is 0 Å². The summed E-state index contributed by atoms with van der Waals surface area (Å²) >= 11 is 0. The molecule has 0 radical (unpaired) electrons. The van der Waals surface area contributed by atoms with Gasteiger partial charge in [0.05, 0.1) is 12.7 Å². The summed E-state index contributed by atoms with van der Waals surface area (Å²) in [6.07, 6.45) is 13.0. The van der Waals surface area contributed by atoms with Crippen LogP contribution in [0.1, 0.15) is 64.7 Å². The van der Waals surface area contributed by atoms with Crippen molar-refractivity contribution in [3.05, 3.63) is 0 Å². The zero-order chi connectivity index (χ0) is 11.6. The fourth-order valence-corrected chi connectivity index (χ4v) is 2.28. The van der Waals surface area contributed by atoms with E-state index in [9.17, 15) is 0 Å². The third-order valence-corrected chi connectivity index (χ3v) is 3.53. The molecule has 1 unspecified atom stereocenters. The molecule has 2 atom stereocenters. The van der Waals surface area contributed by atoms with Crippen LogP contribution < -0.4 is 0 Å². The molecule has 0 aliphatic carbocycles. The Morgan fingerprint density at radius 1 is 1.00 bits per heavy atom. The maximum absolute atomic E-state index is 5.47. The predicted octanol–water partition coefficient (Wildman–Crippen LogP) is 3.93. The molecule has 1 aliphatic rings. The number of rotatable bonds is 10. The van der Waals surface area contributed by atoms with Gasteiger partial charge < -0.3 is 9.47 Å².